The first-order chi connectivity index (χ1) is 10.6. The number of nitrogens with two attached hydrogens (primary N) is 1. The Balaban J connectivity index is 1.62. The van der Waals surface area contributed by atoms with Crippen LogP contribution in [0.25, 0.3) is 0 Å². The van der Waals surface area contributed by atoms with E-state index in [1.54, 1.807) is 0 Å². The maximum absolute atomic E-state index is 12.2. The largest absolute Gasteiger partial charge is 0.461 e. The number of imidazole rings is 1. The van der Waals surface area contributed by atoms with Gasteiger partial charge in [0.2, 0.25) is 0 Å². The van der Waals surface area contributed by atoms with Crippen LogP contribution in [0, 0.1) is 5.92 Å². The van der Waals surface area contributed by atoms with Gasteiger partial charge in [-0.1, -0.05) is 30.3 Å². The van der Waals surface area contributed by atoms with Crippen LogP contribution < -0.4 is 5.73 Å². The summed E-state index contributed by atoms with van der Waals surface area (Å²) in [6.07, 6.45) is 3.15. The van der Waals surface area contributed by atoms with E-state index in [0.717, 1.165) is 17.0 Å². The van der Waals surface area contributed by atoms with E-state index in [4.69, 9.17) is 10.5 Å². The van der Waals surface area contributed by atoms with Gasteiger partial charge >= 0.3 is 12.0 Å². The van der Waals surface area contributed by atoms with Crippen LogP contribution >= 0.6 is 0 Å². The van der Waals surface area contributed by atoms with Gasteiger partial charge in [0.05, 0.1) is 17.3 Å². The van der Waals surface area contributed by atoms with Gasteiger partial charge in [-0.05, 0) is 18.4 Å². The predicted molar refractivity (Wildman–Crippen MR) is 79.0 cm³/mol. The molecular weight excluding hydrogens is 282 g/mol. The number of carbonyl (C=O) groups is 2. The number of rotatable bonds is 3. The summed E-state index contributed by atoms with van der Waals surface area (Å²) in [4.78, 5) is 27.6. The molecule has 2 aromatic rings. The Labute approximate surface area is 127 Å². The maximum atomic E-state index is 12.2. The molecule has 3 rings (SSSR count). The van der Waals surface area contributed by atoms with Gasteiger partial charge in [0.15, 0.2) is 0 Å². The van der Waals surface area contributed by atoms with Gasteiger partial charge in [-0.25, -0.2) is 9.78 Å². The molecule has 0 fully saturated rings. The number of hydrogen-bond acceptors (Lipinski definition) is 4. The fourth-order valence-electron chi connectivity index (χ4n) is 2.73. The van der Waals surface area contributed by atoms with Crippen LogP contribution in [0.3, 0.4) is 0 Å². The standard InChI is InChI=1S/C16H17N3O3/c17-16(21)19-10-18-13-8-12(6-7-14(13)19)15(20)22-9-11-4-2-1-3-5-11/h1-5,10,12H,6-9H2,(H2,17,21). The van der Waals surface area contributed by atoms with E-state index in [1.807, 2.05) is 30.3 Å². The Hall–Kier alpha value is -2.63. The highest BCUT2D eigenvalue weighted by molar-refractivity contribution is 5.76. The van der Waals surface area contributed by atoms with Crippen molar-refractivity contribution in [2.45, 2.75) is 25.9 Å². The van der Waals surface area contributed by atoms with E-state index in [0.29, 0.717) is 19.3 Å². The topological polar surface area (TPSA) is 87.2 Å². The molecule has 1 aliphatic rings. The molecule has 2 N–H and O–H groups in total. The summed E-state index contributed by atoms with van der Waals surface area (Å²) in [5.41, 5.74) is 7.81. The minimum atomic E-state index is -0.543. The molecule has 22 heavy (non-hydrogen) atoms. The van der Waals surface area contributed by atoms with Crippen LogP contribution in [-0.4, -0.2) is 21.6 Å². The summed E-state index contributed by atoms with van der Waals surface area (Å²) in [5.74, 6) is -0.435. The zero-order valence-corrected chi connectivity index (χ0v) is 12.1. The Morgan fingerprint density at radius 1 is 1.32 bits per heavy atom. The van der Waals surface area contributed by atoms with Crippen molar-refractivity contribution in [1.82, 2.24) is 9.55 Å². The Morgan fingerprint density at radius 3 is 2.82 bits per heavy atom. The third kappa shape index (κ3) is 2.86. The summed E-state index contributed by atoms with van der Waals surface area (Å²) in [7, 11) is 0. The van der Waals surface area contributed by atoms with Crippen LogP contribution in [0.4, 0.5) is 4.79 Å². The lowest BCUT2D eigenvalue weighted by atomic mass is 9.90. The molecule has 1 aliphatic carbocycles. The molecule has 0 spiro atoms. The quantitative estimate of drug-likeness (QED) is 0.873. The fraction of sp³-hybridized carbons (Fsp3) is 0.312. The fourth-order valence-corrected chi connectivity index (χ4v) is 2.73. The Bertz CT molecular complexity index is 694. The number of hydrogen-bond donors (Lipinski definition) is 1. The molecule has 0 saturated carbocycles. The summed E-state index contributed by atoms with van der Waals surface area (Å²) in [6, 6.07) is 9.03. The van der Waals surface area contributed by atoms with Crippen molar-refractivity contribution in [3.8, 4) is 0 Å². The number of primary amides is 1. The van der Waals surface area contributed by atoms with Crippen molar-refractivity contribution in [3.05, 3.63) is 53.6 Å². The van der Waals surface area contributed by atoms with Gasteiger partial charge in [0, 0.05) is 6.42 Å². The molecule has 1 heterocycles. The van der Waals surface area contributed by atoms with E-state index in [2.05, 4.69) is 4.98 Å². The number of ether oxygens (including phenoxy) is 1. The lowest BCUT2D eigenvalue weighted by Gasteiger charge is -2.20. The van der Waals surface area contributed by atoms with Gasteiger partial charge in [-0.2, -0.15) is 0 Å². The molecule has 6 heteroatoms. The lowest BCUT2D eigenvalue weighted by Crippen LogP contribution is -2.27. The van der Waals surface area contributed by atoms with Crippen LogP contribution in [0.1, 0.15) is 23.4 Å². The van der Waals surface area contributed by atoms with Crippen LogP contribution in [-0.2, 0) is 29.0 Å². The number of aromatic nitrogens is 2. The molecule has 1 aromatic carbocycles. The predicted octanol–water partition coefficient (Wildman–Crippen LogP) is 1.66. The van der Waals surface area contributed by atoms with Crippen molar-refractivity contribution in [2.24, 2.45) is 11.7 Å². The number of carbonyl (C=O) groups excluding carboxylic acids is 2. The summed E-state index contributed by atoms with van der Waals surface area (Å²) in [6.45, 7) is 0.277. The van der Waals surface area contributed by atoms with Gasteiger partial charge in [-0.3, -0.25) is 9.36 Å². The first kappa shape index (κ1) is 14.3. The van der Waals surface area contributed by atoms with Gasteiger partial charge in [-0.15, -0.1) is 0 Å². The molecule has 0 radical (unpaired) electrons. The average molecular weight is 299 g/mol. The van der Waals surface area contributed by atoms with Crippen molar-refractivity contribution >= 4 is 12.0 Å². The number of fused-ring (bicyclic) bond motifs is 1. The minimum Gasteiger partial charge on any atom is -0.461 e. The SMILES string of the molecule is NC(=O)n1cnc2c1CCC(C(=O)OCc1ccccc1)C2. The van der Waals surface area contributed by atoms with Gasteiger partial charge in [0.1, 0.15) is 12.9 Å². The molecule has 0 aliphatic heterocycles. The van der Waals surface area contributed by atoms with E-state index in [-0.39, 0.29) is 18.5 Å². The summed E-state index contributed by atoms with van der Waals surface area (Å²) < 4.78 is 6.72. The van der Waals surface area contributed by atoms with Gasteiger partial charge < -0.3 is 10.5 Å². The normalized spacial score (nSPS) is 16.8. The van der Waals surface area contributed by atoms with Crippen molar-refractivity contribution < 1.29 is 14.3 Å². The van der Waals surface area contributed by atoms with Crippen LogP contribution in [0.5, 0.6) is 0 Å². The first-order valence-electron chi connectivity index (χ1n) is 7.20. The zero-order valence-electron chi connectivity index (χ0n) is 12.1. The maximum Gasteiger partial charge on any atom is 0.324 e. The summed E-state index contributed by atoms with van der Waals surface area (Å²) in [5, 5.41) is 0. The van der Waals surface area contributed by atoms with E-state index in [1.165, 1.54) is 10.9 Å². The second-order valence-electron chi connectivity index (χ2n) is 5.38. The Morgan fingerprint density at radius 2 is 2.09 bits per heavy atom. The number of amides is 1. The number of benzene rings is 1. The van der Waals surface area contributed by atoms with E-state index >= 15 is 0 Å². The van der Waals surface area contributed by atoms with Gasteiger partial charge in [0.25, 0.3) is 0 Å². The van der Waals surface area contributed by atoms with Crippen LogP contribution in [0.2, 0.25) is 0 Å². The molecular formula is C16H17N3O3. The molecule has 0 saturated heterocycles. The van der Waals surface area contributed by atoms with Crippen LogP contribution in [0.15, 0.2) is 36.7 Å². The lowest BCUT2D eigenvalue weighted by molar-refractivity contribution is -0.150. The molecule has 114 valence electrons. The molecule has 1 aromatic heterocycles. The average Bonchev–Trinajstić information content (AvgIpc) is 2.97. The van der Waals surface area contributed by atoms with Crippen molar-refractivity contribution in [3.63, 3.8) is 0 Å². The number of esters is 1. The highest BCUT2D eigenvalue weighted by atomic mass is 16.5. The molecule has 6 nitrogen and oxygen atoms in total. The first-order valence-corrected chi connectivity index (χ1v) is 7.20. The second kappa shape index (κ2) is 6.01. The highest BCUT2D eigenvalue weighted by Crippen LogP contribution is 2.25. The van der Waals surface area contributed by atoms with E-state index < -0.39 is 6.03 Å². The Kier molecular flexibility index (Phi) is 3.91. The molecule has 1 atom stereocenters. The highest BCUT2D eigenvalue weighted by Gasteiger charge is 2.29. The monoisotopic (exact) mass is 299 g/mol. The van der Waals surface area contributed by atoms with E-state index in [9.17, 15) is 9.59 Å². The molecule has 1 amide bonds. The third-order valence-electron chi connectivity index (χ3n) is 3.92. The molecule has 1 unspecified atom stereocenters. The second-order valence-corrected chi connectivity index (χ2v) is 5.38. The van der Waals surface area contributed by atoms with Crippen molar-refractivity contribution in [2.75, 3.05) is 0 Å². The summed E-state index contributed by atoms with van der Waals surface area (Å²) >= 11 is 0. The smallest absolute Gasteiger partial charge is 0.324 e. The number of nitrogens with zero attached hydrogens (tertiary/aromatic N) is 2. The molecule has 0 bridgehead atoms. The van der Waals surface area contributed by atoms with Crippen molar-refractivity contribution in [1.29, 1.82) is 0 Å². The zero-order chi connectivity index (χ0) is 15.5. The third-order valence-corrected chi connectivity index (χ3v) is 3.92. The minimum absolute atomic E-state index is 0.215.